The Morgan fingerprint density at radius 1 is 1.24 bits per heavy atom. The highest BCUT2D eigenvalue weighted by atomic mass is 19.4. The van der Waals surface area contributed by atoms with Crippen molar-refractivity contribution in [3.05, 3.63) is 42.2 Å². The highest BCUT2D eigenvalue weighted by Gasteiger charge is 2.27. The molecule has 4 nitrogen and oxygen atoms in total. The maximum Gasteiger partial charge on any atom is 0.405 e. The van der Waals surface area contributed by atoms with Crippen molar-refractivity contribution in [1.29, 1.82) is 0 Å². The first kappa shape index (κ1) is 15.1. The molecule has 0 radical (unpaired) electrons. The second-order valence-electron chi connectivity index (χ2n) is 4.46. The van der Waals surface area contributed by atoms with E-state index in [-0.39, 0.29) is 5.56 Å². The van der Waals surface area contributed by atoms with E-state index in [1.165, 1.54) is 12.1 Å². The Labute approximate surface area is 119 Å². The number of hydrogen-bond donors (Lipinski definition) is 1. The minimum Gasteiger partial charge on any atom is -0.343 e. The van der Waals surface area contributed by atoms with Crippen LogP contribution in [0.1, 0.15) is 17.3 Å². The largest absolute Gasteiger partial charge is 0.405 e. The molecule has 0 atom stereocenters. The molecule has 0 unspecified atom stereocenters. The summed E-state index contributed by atoms with van der Waals surface area (Å²) in [6.45, 7) is 1.37. The van der Waals surface area contributed by atoms with Crippen LogP contribution in [0.15, 0.2) is 36.7 Å². The summed E-state index contributed by atoms with van der Waals surface area (Å²) < 4.78 is 37.9. The van der Waals surface area contributed by atoms with Gasteiger partial charge in [-0.1, -0.05) is 12.1 Å². The molecule has 0 aliphatic carbocycles. The van der Waals surface area contributed by atoms with Gasteiger partial charge in [-0.25, -0.2) is 0 Å². The molecule has 1 aromatic heterocycles. The number of rotatable bonds is 4. The Kier molecular flexibility index (Phi) is 4.30. The molecule has 0 bridgehead atoms. The molecule has 112 valence electrons. The van der Waals surface area contributed by atoms with Crippen molar-refractivity contribution < 1.29 is 18.0 Å². The van der Waals surface area contributed by atoms with Crippen LogP contribution in [-0.2, 0) is 6.54 Å². The summed E-state index contributed by atoms with van der Waals surface area (Å²) in [4.78, 5) is 11.6. The standard InChI is InChI=1S/C14H14F3N3O/c1-2-20-8-12(7-19-20)10-3-5-11(6-4-10)13(21)18-9-14(15,16)17/h3-8H,2,9H2,1H3,(H,18,21). The van der Waals surface area contributed by atoms with E-state index < -0.39 is 18.6 Å². The van der Waals surface area contributed by atoms with Crippen LogP contribution >= 0.6 is 0 Å². The number of aryl methyl sites for hydroxylation is 1. The van der Waals surface area contributed by atoms with E-state index in [2.05, 4.69) is 5.10 Å². The van der Waals surface area contributed by atoms with Gasteiger partial charge in [-0.3, -0.25) is 9.48 Å². The second kappa shape index (κ2) is 5.99. The second-order valence-corrected chi connectivity index (χ2v) is 4.46. The van der Waals surface area contributed by atoms with E-state index in [9.17, 15) is 18.0 Å². The van der Waals surface area contributed by atoms with E-state index in [1.54, 1.807) is 23.0 Å². The van der Waals surface area contributed by atoms with Gasteiger partial charge >= 0.3 is 6.18 Å². The predicted octanol–water partition coefficient (Wildman–Crippen LogP) is 2.86. The van der Waals surface area contributed by atoms with E-state index in [4.69, 9.17) is 0 Å². The van der Waals surface area contributed by atoms with Crippen molar-refractivity contribution in [3.63, 3.8) is 0 Å². The van der Waals surface area contributed by atoms with E-state index in [0.717, 1.165) is 17.7 Å². The molecular weight excluding hydrogens is 283 g/mol. The van der Waals surface area contributed by atoms with Gasteiger partial charge in [0, 0.05) is 23.9 Å². The highest BCUT2D eigenvalue weighted by molar-refractivity contribution is 5.94. The molecule has 7 heteroatoms. The molecule has 0 saturated heterocycles. The molecule has 1 aromatic carbocycles. The normalized spacial score (nSPS) is 11.4. The lowest BCUT2D eigenvalue weighted by Crippen LogP contribution is -2.33. The summed E-state index contributed by atoms with van der Waals surface area (Å²) in [7, 11) is 0. The van der Waals surface area contributed by atoms with Crippen LogP contribution in [0, 0.1) is 0 Å². The maximum atomic E-state index is 12.0. The van der Waals surface area contributed by atoms with Crippen molar-refractivity contribution in [3.8, 4) is 11.1 Å². The van der Waals surface area contributed by atoms with Gasteiger partial charge in [0.15, 0.2) is 0 Å². The van der Waals surface area contributed by atoms with Crippen LogP contribution in [0.25, 0.3) is 11.1 Å². The van der Waals surface area contributed by atoms with Crippen LogP contribution in [0.2, 0.25) is 0 Å². The molecule has 1 N–H and O–H groups in total. The summed E-state index contributed by atoms with van der Waals surface area (Å²) in [5.74, 6) is -0.747. The first-order chi connectivity index (χ1) is 9.89. The minimum absolute atomic E-state index is 0.186. The fraction of sp³-hybridized carbons (Fsp3) is 0.286. The lowest BCUT2D eigenvalue weighted by Gasteiger charge is -2.08. The Balaban J connectivity index is 2.06. The van der Waals surface area contributed by atoms with E-state index in [0.29, 0.717) is 0 Å². The van der Waals surface area contributed by atoms with Crippen LogP contribution in [0.3, 0.4) is 0 Å². The number of carbonyl (C=O) groups is 1. The number of amides is 1. The van der Waals surface area contributed by atoms with Gasteiger partial charge in [0.1, 0.15) is 6.54 Å². The van der Waals surface area contributed by atoms with Gasteiger partial charge in [0.05, 0.1) is 6.20 Å². The zero-order valence-electron chi connectivity index (χ0n) is 11.3. The Hall–Kier alpha value is -2.31. The number of alkyl halides is 3. The molecular formula is C14H14F3N3O. The fourth-order valence-electron chi connectivity index (χ4n) is 1.78. The van der Waals surface area contributed by atoms with E-state index in [1.807, 2.05) is 18.4 Å². The zero-order chi connectivity index (χ0) is 15.5. The van der Waals surface area contributed by atoms with Crippen LogP contribution in [-0.4, -0.2) is 28.4 Å². The maximum absolute atomic E-state index is 12.0. The average Bonchev–Trinajstić information content (AvgIpc) is 2.93. The van der Waals surface area contributed by atoms with Gasteiger partial charge in [-0.2, -0.15) is 18.3 Å². The van der Waals surface area contributed by atoms with Crippen molar-refractivity contribution in [2.45, 2.75) is 19.6 Å². The third-order valence-electron chi connectivity index (χ3n) is 2.89. The molecule has 2 aromatic rings. The predicted molar refractivity (Wildman–Crippen MR) is 71.7 cm³/mol. The SMILES string of the molecule is CCn1cc(-c2ccc(C(=O)NCC(F)(F)F)cc2)cn1. The number of nitrogens with one attached hydrogen (secondary N) is 1. The van der Waals surface area contributed by atoms with Crippen molar-refractivity contribution in [2.24, 2.45) is 0 Å². The summed E-state index contributed by atoms with van der Waals surface area (Å²) in [6.07, 6.45) is -0.856. The van der Waals surface area contributed by atoms with Gasteiger partial charge in [-0.05, 0) is 24.6 Å². The Bertz CT molecular complexity index is 617. The quantitative estimate of drug-likeness (QED) is 0.943. The molecule has 0 aliphatic rings. The summed E-state index contributed by atoms with van der Waals surface area (Å²) in [5.41, 5.74) is 1.92. The molecule has 1 heterocycles. The highest BCUT2D eigenvalue weighted by Crippen LogP contribution is 2.19. The van der Waals surface area contributed by atoms with Crippen molar-refractivity contribution >= 4 is 5.91 Å². The lowest BCUT2D eigenvalue weighted by molar-refractivity contribution is -0.123. The number of halogens is 3. The van der Waals surface area contributed by atoms with Gasteiger partial charge in [0.25, 0.3) is 5.91 Å². The smallest absolute Gasteiger partial charge is 0.343 e. The Morgan fingerprint density at radius 2 is 1.90 bits per heavy atom. The summed E-state index contributed by atoms with van der Waals surface area (Å²) in [5, 5.41) is 5.97. The topological polar surface area (TPSA) is 46.9 Å². The number of carbonyl (C=O) groups excluding carboxylic acids is 1. The number of nitrogens with zero attached hydrogens (tertiary/aromatic N) is 2. The molecule has 21 heavy (non-hydrogen) atoms. The molecule has 0 aliphatic heterocycles. The minimum atomic E-state index is -4.41. The average molecular weight is 297 g/mol. The van der Waals surface area contributed by atoms with Gasteiger partial charge in [-0.15, -0.1) is 0 Å². The zero-order valence-corrected chi connectivity index (χ0v) is 11.3. The van der Waals surface area contributed by atoms with Gasteiger partial charge < -0.3 is 5.32 Å². The van der Waals surface area contributed by atoms with Crippen LogP contribution in [0.4, 0.5) is 13.2 Å². The molecule has 0 saturated carbocycles. The Morgan fingerprint density at radius 3 is 2.43 bits per heavy atom. The van der Waals surface area contributed by atoms with Crippen LogP contribution < -0.4 is 5.32 Å². The number of aromatic nitrogens is 2. The number of hydrogen-bond acceptors (Lipinski definition) is 2. The number of benzene rings is 1. The monoisotopic (exact) mass is 297 g/mol. The third-order valence-corrected chi connectivity index (χ3v) is 2.89. The van der Waals surface area contributed by atoms with Gasteiger partial charge in [0.2, 0.25) is 0 Å². The molecule has 1 amide bonds. The fourth-order valence-corrected chi connectivity index (χ4v) is 1.78. The van der Waals surface area contributed by atoms with Crippen molar-refractivity contribution in [2.75, 3.05) is 6.54 Å². The third kappa shape index (κ3) is 4.08. The summed E-state index contributed by atoms with van der Waals surface area (Å²) >= 11 is 0. The first-order valence-corrected chi connectivity index (χ1v) is 6.37. The van der Waals surface area contributed by atoms with Crippen LogP contribution in [0.5, 0.6) is 0 Å². The molecule has 0 fully saturated rings. The first-order valence-electron chi connectivity index (χ1n) is 6.37. The van der Waals surface area contributed by atoms with E-state index >= 15 is 0 Å². The molecule has 0 spiro atoms. The van der Waals surface area contributed by atoms with Crippen molar-refractivity contribution in [1.82, 2.24) is 15.1 Å². The lowest BCUT2D eigenvalue weighted by atomic mass is 10.1. The summed E-state index contributed by atoms with van der Waals surface area (Å²) in [6, 6.07) is 6.34. The molecule has 2 rings (SSSR count).